The summed E-state index contributed by atoms with van der Waals surface area (Å²) in [7, 11) is 0. The monoisotopic (exact) mass is 345 g/mol. The highest BCUT2D eigenvalue weighted by molar-refractivity contribution is 5.67. The van der Waals surface area contributed by atoms with Crippen molar-refractivity contribution in [2.75, 3.05) is 32.8 Å². The quantitative estimate of drug-likeness (QED) is 0.741. The van der Waals surface area contributed by atoms with Crippen LogP contribution in [-0.4, -0.2) is 57.3 Å². The number of hydrogen-bond acceptors (Lipinski definition) is 5. The van der Waals surface area contributed by atoms with E-state index in [1.54, 1.807) is 10.8 Å². The Hall–Kier alpha value is -1.99. The molecule has 2 aromatic heterocycles. The highest BCUT2D eigenvalue weighted by Gasteiger charge is 2.12. The molecule has 0 aliphatic carbocycles. The maximum atomic E-state index is 12.2. The fraction of sp³-hybridized carbons (Fsp3) is 0.611. The Balaban J connectivity index is 1.67. The Kier molecular flexibility index (Phi) is 6.36. The fourth-order valence-corrected chi connectivity index (χ4v) is 3.02. The summed E-state index contributed by atoms with van der Waals surface area (Å²) < 4.78 is 7.06. The summed E-state index contributed by atoms with van der Waals surface area (Å²) in [4.78, 5) is 26.3. The first-order valence-corrected chi connectivity index (χ1v) is 9.20. The van der Waals surface area contributed by atoms with Crippen LogP contribution in [0.2, 0.25) is 0 Å². The van der Waals surface area contributed by atoms with E-state index in [4.69, 9.17) is 4.74 Å². The predicted octanol–water partition coefficient (Wildman–Crippen LogP) is 2.05. The maximum absolute atomic E-state index is 12.2. The average Bonchev–Trinajstić information content (AvgIpc) is 2.95. The largest absolute Gasteiger partial charge is 0.379 e. The van der Waals surface area contributed by atoms with Gasteiger partial charge in [0.2, 0.25) is 0 Å². The first-order valence-electron chi connectivity index (χ1n) is 9.20. The minimum Gasteiger partial charge on any atom is -0.379 e. The van der Waals surface area contributed by atoms with Gasteiger partial charge in [-0.1, -0.05) is 25.8 Å². The summed E-state index contributed by atoms with van der Waals surface area (Å²) in [5.41, 5.74) is 1.86. The van der Waals surface area contributed by atoms with E-state index in [0.29, 0.717) is 17.8 Å². The Labute approximate surface area is 147 Å². The van der Waals surface area contributed by atoms with Gasteiger partial charge in [-0.2, -0.15) is 0 Å². The molecule has 1 N–H and O–H groups in total. The Bertz CT molecular complexity index is 758. The number of aromatic nitrogens is 4. The summed E-state index contributed by atoms with van der Waals surface area (Å²) >= 11 is 0. The molecule has 3 heterocycles. The molecule has 0 unspecified atom stereocenters. The molecule has 136 valence electrons. The lowest BCUT2D eigenvalue weighted by Crippen LogP contribution is -2.37. The predicted molar refractivity (Wildman–Crippen MR) is 98.6 cm³/mol. The van der Waals surface area contributed by atoms with Gasteiger partial charge in [-0.05, 0) is 18.9 Å². The summed E-state index contributed by atoms with van der Waals surface area (Å²) in [6.45, 7) is 7.32. The zero-order valence-corrected chi connectivity index (χ0v) is 14.9. The van der Waals surface area contributed by atoms with E-state index < -0.39 is 0 Å². The molecule has 0 radical (unpaired) electrons. The number of nitrogens with zero attached hydrogens (tertiary/aromatic N) is 4. The summed E-state index contributed by atoms with van der Waals surface area (Å²) in [5, 5.41) is 0. The van der Waals surface area contributed by atoms with Gasteiger partial charge < -0.3 is 4.74 Å². The van der Waals surface area contributed by atoms with Crippen molar-refractivity contribution in [1.82, 2.24) is 24.4 Å². The molecule has 25 heavy (non-hydrogen) atoms. The lowest BCUT2D eigenvalue weighted by molar-refractivity contribution is 0.0369. The molecular weight excluding hydrogens is 318 g/mol. The van der Waals surface area contributed by atoms with Crippen molar-refractivity contribution in [2.45, 2.75) is 39.2 Å². The third-order valence-electron chi connectivity index (χ3n) is 4.47. The van der Waals surface area contributed by atoms with E-state index in [-0.39, 0.29) is 5.69 Å². The summed E-state index contributed by atoms with van der Waals surface area (Å²) in [5.74, 6) is 0. The van der Waals surface area contributed by atoms with Gasteiger partial charge in [0.15, 0.2) is 11.3 Å². The number of fused-ring (bicyclic) bond motifs is 1. The molecule has 1 aliphatic heterocycles. The van der Waals surface area contributed by atoms with Crippen molar-refractivity contribution in [3.05, 3.63) is 28.5 Å². The smallest absolute Gasteiger partial charge is 0.328 e. The van der Waals surface area contributed by atoms with Gasteiger partial charge in [0.1, 0.15) is 0 Å². The molecule has 7 nitrogen and oxygen atoms in total. The van der Waals surface area contributed by atoms with Gasteiger partial charge in [0, 0.05) is 26.2 Å². The van der Waals surface area contributed by atoms with Gasteiger partial charge in [-0.15, -0.1) is 0 Å². The molecule has 1 aliphatic rings. The standard InChI is InChI=1S/C18H27N5O2/c1-2-3-4-5-7-15-14-19-16-17(20-15)23(18(24)21-16)9-6-8-22-10-12-25-13-11-22/h5,7,14H,2-4,6,8-13H2,1H3,(H,19,21,24)/b7-5+. The number of unbranched alkanes of at least 4 members (excludes halogenated alkanes) is 2. The van der Waals surface area contributed by atoms with Crippen LogP contribution in [-0.2, 0) is 11.3 Å². The van der Waals surface area contributed by atoms with Crippen LogP contribution in [0.25, 0.3) is 17.4 Å². The molecule has 1 fully saturated rings. The normalized spacial score (nSPS) is 16.2. The number of rotatable bonds is 8. The van der Waals surface area contributed by atoms with Crippen LogP contribution in [0.4, 0.5) is 0 Å². The van der Waals surface area contributed by atoms with E-state index in [9.17, 15) is 4.79 Å². The molecule has 3 rings (SSSR count). The number of morpholine rings is 1. The van der Waals surface area contributed by atoms with E-state index in [1.807, 2.05) is 6.08 Å². The summed E-state index contributed by atoms with van der Waals surface area (Å²) in [6, 6.07) is 0. The minimum atomic E-state index is -0.135. The second kappa shape index (κ2) is 8.92. The fourth-order valence-electron chi connectivity index (χ4n) is 3.02. The van der Waals surface area contributed by atoms with Crippen LogP contribution >= 0.6 is 0 Å². The molecule has 0 aromatic carbocycles. The number of ether oxygens (including phenoxy) is 1. The molecular formula is C18H27N5O2. The summed E-state index contributed by atoms with van der Waals surface area (Å²) in [6.07, 6.45) is 10.1. The second-order valence-electron chi connectivity index (χ2n) is 6.40. The number of imidazole rings is 1. The Morgan fingerprint density at radius 1 is 1.28 bits per heavy atom. The van der Waals surface area contributed by atoms with E-state index >= 15 is 0 Å². The second-order valence-corrected chi connectivity index (χ2v) is 6.40. The molecule has 1 saturated heterocycles. The molecule has 0 bridgehead atoms. The molecule has 2 aromatic rings. The lowest BCUT2D eigenvalue weighted by atomic mass is 10.2. The number of hydrogen-bond donors (Lipinski definition) is 1. The van der Waals surface area contributed by atoms with Crippen LogP contribution < -0.4 is 5.69 Å². The molecule has 7 heteroatoms. The van der Waals surface area contributed by atoms with Crippen LogP contribution in [0.1, 0.15) is 38.3 Å². The lowest BCUT2D eigenvalue weighted by Gasteiger charge is -2.26. The van der Waals surface area contributed by atoms with Gasteiger partial charge in [0.25, 0.3) is 0 Å². The maximum Gasteiger partial charge on any atom is 0.328 e. The molecule has 0 saturated carbocycles. The van der Waals surface area contributed by atoms with Crippen LogP contribution in [0.15, 0.2) is 17.1 Å². The van der Waals surface area contributed by atoms with E-state index in [1.165, 1.54) is 12.8 Å². The number of aryl methyl sites for hydroxylation is 1. The highest BCUT2D eigenvalue weighted by atomic mass is 16.5. The first kappa shape index (κ1) is 17.8. The topological polar surface area (TPSA) is 76.0 Å². The Morgan fingerprint density at radius 3 is 2.92 bits per heavy atom. The van der Waals surface area contributed by atoms with Crippen molar-refractivity contribution in [1.29, 1.82) is 0 Å². The molecule has 0 spiro atoms. The van der Waals surface area contributed by atoms with Gasteiger partial charge in [0.05, 0.1) is 25.1 Å². The Morgan fingerprint density at radius 2 is 2.12 bits per heavy atom. The third-order valence-corrected chi connectivity index (χ3v) is 4.47. The van der Waals surface area contributed by atoms with Gasteiger partial charge >= 0.3 is 5.69 Å². The van der Waals surface area contributed by atoms with Gasteiger partial charge in [-0.3, -0.25) is 14.5 Å². The van der Waals surface area contributed by atoms with Crippen molar-refractivity contribution in [3.8, 4) is 0 Å². The highest BCUT2D eigenvalue weighted by Crippen LogP contribution is 2.09. The minimum absolute atomic E-state index is 0.135. The van der Waals surface area contributed by atoms with E-state index in [2.05, 4.69) is 32.9 Å². The average molecular weight is 345 g/mol. The van der Waals surface area contributed by atoms with Crippen LogP contribution in [0.3, 0.4) is 0 Å². The van der Waals surface area contributed by atoms with Gasteiger partial charge in [-0.25, -0.2) is 14.8 Å². The van der Waals surface area contributed by atoms with Crippen molar-refractivity contribution < 1.29 is 4.74 Å². The first-order chi connectivity index (χ1) is 12.3. The van der Waals surface area contributed by atoms with Crippen molar-refractivity contribution in [3.63, 3.8) is 0 Å². The van der Waals surface area contributed by atoms with Crippen LogP contribution in [0.5, 0.6) is 0 Å². The molecule has 0 atom stereocenters. The number of H-pyrrole nitrogens is 1. The third kappa shape index (κ3) is 4.76. The van der Waals surface area contributed by atoms with E-state index in [0.717, 1.165) is 51.4 Å². The van der Waals surface area contributed by atoms with Crippen LogP contribution in [0, 0.1) is 0 Å². The molecule has 0 amide bonds. The number of nitrogens with one attached hydrogen (secondary N) is 1. The zero-order chi connectivity index (χ0) is 17.5. The number of allylic oxidation sites excluding steroid dienone is 1. The van der Waals surface area contributed by atoms with Crippen molar-refractivity contribution >= 4 is 17.4 Å². The van der Waals surface area contributed by atoms with Crippen molar-refractivity contribution in [2.24, 2.45) is 0 Å². The SMILES string of the molecule is CCCC/C=C/c1cnc2[nH]c(=O)n(CCCN3CCOCC3)c2n1. The zero-order valence-electron chi connectivity index (χ0n) is 14.9. The number of aromatic amines is 1.